The molecule has 5 aromatic rings. The molecule has 0 amide bonds. The van der Waals surface area contributed by atoms with Crippen LogP contribution in [0.5, 0.6) is 5.88 Å². The lowest BCUT2D eigenvalue weighted by Gasteiger charge is -2.11. The fourth-order valence-corrected chi connectivity index (χ4v) is 3.63. The summed E-state index contributed by atoms with van der Waals surface area (Å²) in [6.45, 7) is 2.27. The summed E-state index contributed by atoms with van der Waals surface area (Å²) in [5, 5.41) is 27.9. The Morgan fingerprint density at radius 2 is 1.91 bits per heavy atom. The minimum absolute atomic E-state index is 0.0248. The predicted octanol–water partition coefficient (Wildman–Crippen LogP) is 3.58. The Labute approximate surface area is 186 Å². The number of benzene rings is 2. The molecule has 2 N–H and O–H groups in total. The van der Waals surface area contributed by atoms with Gasteiger partial charge in [0.25, 0.3) is 5.95 Å². The maximum Gasteiger partial charge on any atom is 0.338 e. The second-order valence-electron chi connectivity index (χ2n) is 7.48. The first-order chi connectivity index (χ1) is 15.9. The van der Waals surface area contributed by atoms with Crippen molar-refractivity contribution in [2.45, 2.75) is 13.5 Å². The zero-order chi connectivity index (χ0) is 23.1. The number of carboxylic acids is 1. The van der Waals surface area contributed by atoms with Gasteiger partial charge < -0.3 is 10.2 Å². The van der Waals surface area contributed by atoms with Gasteiger partial charge in [0.15, 0.2) is 0 Å². The zero-order valence-electron chi connectivity index (χ0n) is 17.3. The molecule has 0 fully saturated rings. The number of fused-ring (bicyclic) bond motifs is 1. The van der Waals surface area contributed by atoms with Crippen molar-refractivity contribution in [1.29, 1.82) is 0 Å². The van der Waals surface area contributed by atoms with Gasteiger partial charge in [-0.05, 0) is 29.7 Å². The molecule has 0 aliphatic heterocycles. The summed E-state index contributed by atoms with van der Waals surface area (Å²) in [4.78, 5) is 19.5. The van der Waals surface area contributed by atoms with Crippen LogP contribution in [0, 0.1) is 12.7 Å². The number of aromatic carboxylic acids is 1. The third kappa shape index (κ3) is 3.67. The van der Waals surface area contributed by atoms with Crippen molar-refractivity contribution in [2.24, 2.45) is 0 Å². The van der Waals surface area contributed by atoms with E-state index in [0.717, 1.165) is 16.7 Å². The summed E-state index contributed by atoms with van der Waals surface area (Å²) < 4.78 is 16.9. The van der Waals surface area contributed by atoms with E-state index < -0.39 is 5.97 Å². The van der Waals surface area contributed by atoms with Crippen molar-refractivity contribution in [3.63, 3.8) is 0 Å². The van der Waals surface area contributed by atoms with Crippen LogP contribution in [0.15, 0.2) is 61.1 Å². The number of aromatic hydroxyl groups is 1. The highest BCUT2D eigenvalue weighted by Crippen LogP contribution is 2.27. The second kappa shape index (κ2) is 7.83. The first kappa shape index (κ1) is 20.3. The molecule has 0 radical (unpaired) electrons. The van der Waals surface area contributed by atoms with Crippen molar-refractivity contribution in [1.82, 2.24) is 29.5 Å². The fourth-order valence-electron chi connectivity index (χ4n) is 3.63. The predicted molar refractivity (Wildman–Crippen MR) is 117 cm³/mol. The van der Waals surface area contributed by atoms with Crippen molar-refractivity contribution in [2.75, 3.05) is 0 Å². The van der Waals surface area contributed by atoms with Gasteiger partial charge in [0.1, 0.15) is 16.9 Å². The van der Waals surface area contributed by atoms with Crippen molar-refractivity contribution >= 4 is 17.0 Å². The number of nitrogens with zero attached hydrogens (tertiary/aromatic N) is 6. The van der Waals surface area contributed by atoms with Crippen molar-refractivity contribution in [3.05, 3.63) is 83.6 Å². The van der Waals surface area contributed by atoms with E-state index >= 15 is 0 Å². The minimum atomic E-state index is -1.13. The van der Waals surface area contributed by atoms with Crippen LogP contribution >= 0.6 is 0 Å². The molecule has 3 heterocycles. The summed E-state index contributed by atoms with van der Waals surface area (Å²) in [6.07, 6.45) is 3.92. The topological polar surface area (TPSA) is 119 Å². The molecule has 0 aliphatic carbocycles. The molecule has 0 spiro atoms. The van der Waals surface area contributed by atoms with E-state index in [9.17, 15) is 14.3 Å². The van der Waals surface area contributed by atoms with Crippen LogP contribution in [0.2, 0.25) is 0 Å². The maximum absolute atomic E-state index is 14.1. The standard InChI is InChI=1S/C23H17FN6O3/c1-13-8-14(17-4-2-3-5-18(17)24)6-7-15(13)11-29-20-19(10-26-29)27-23(28-21(20)31)30-12-16(9-25-30)22(32)33/h2-10,12H,11H2,1H3,(H,32,33)(H,27,28,31). The quantitative estimate of drug-likeness (QED) is 0.425. The molecule has 33 heavy (non-hydrogen) atoms. The number of rotatable bonds is 5. The van der Waals surface area contributed by atoms with Gasteiger partial charge in [0.05, 0.1) is 24.5 Å². The number of hydrogen-bond donors (Lipinski definition) is 2. The molecule has 9 nitrogen and oxygen atoms in total. The number of aromatic nitrogens is 6. The van der Waals surface area contributed by atoms with E-state index in [4.69, 9.17) is 5.11 Å². The number of carboxylic acid groups (broad SMARTS) is 1. The molecule has 3 aromatic heterocycles. The normalized spacial score (nSPS) is 11.2. The van der Waals surface area contributed by atoms with Crippen LogP contribution in [-0.2, 0) is 6.54 Å². The number of aryl methyl sites for hydroxylation is 1. The smallest absolute Gasteiger partial charge is 0.338 e. The van der Waals surface area contributed by atoms with Crippen molar-refractivity contribution < 1.29 is 19.4 Å². The SMILES string of the molecule is Cc1cc(-c2ccccc2F)ccc1Cn1ncc2nc(-n3cc(C(=O)O)cn3)nc(O)c21. The summed E-state index contributed by atoms with van der Waals surface area (Å²) in [7, 11) is 0. The number of halogens is 1. The molecule has 0 saturated heterocycles. The lowest BCUT2D eigenvalue weighted by Crippen LogP contribution is -2.06. The van der Waals surface area contributed by atoms with Crippen molar-refractivity contribution in [3.8, 4) is 23.0 Å². The molecule has 0 unspecified atom stereocenters. The van der Waals surface area contributed by atoms with Crippen LogP contribution in [0.3, 0.4) is 0 Å². The van der Waals surface area contributed by atoms with Gasteiger partial charge in [-0.1, -0.05) is 36.4 Å². The zero-order valence-corrected chi connectivity index (χ0v) is 17.3. The van der Waals surface area contributed by atoms with Gasteiger partial charge in [-0.2, -0.15) is 15.2 Å². The fraction of sp³-hybridized carbons (Fsp3) is 0.0870. The van der Waals surface area contributed by atoms with Gasteiger partial charge in [0.2, 0.25) is 5.88 Å². The number of carbonyl (C=O) groups is 1. The Morgan fingerprint density at radius 1 is 1.09 bits per heavy atom. The summed E-state index contributed by atoms with van der Waals surface area (Å²) in [5.41, 5.74) is 3.86. The van der Waals surface area contributed by atoms with E-state index in [1.807, 2.05) is 25.1 Å². The summed E-state index contributed by atoms with van der Waals surface area (Å²) >= 11 is 0. The Kier molecular flexibility index (Phi) is 4.82. The highest BCUT2D eigenvalue weighted by Gasteiger charge is 2.17. The van der Waals surface area contributed by atoms with Crippen LogP contribution < -0.4 is 0 Å². The maximum atomic E-state index is 14.1. The monoisotopic (exact) mass is 444 g/mol. The van der Waals surface area contributed by atoms with Crippen LogP contribution in [0.1, 0.15) is 21.5 Å². The highest BCUT2D eigenvalue weighted by atomic mass is 19.1. The lowest BCUT2D eigenvalue weighted by atomic mass is 9.99. The lowest BCUT2D eigenvalue weighted by molar-refractivity contribution is 0.0697. The van der Waals surface area contributed by atoms with E-state index in [0.29, 0.717) is 23.1 Å². The van der Waals surface area contributed by atoms with Gasteiger partial charge >= 0.3 is 5.97 Å². The molecule has 0 aliphatic rings. The van der Waals surface area contributed by atoms with Crippen LogP contribution in [0.4, 0.5) is 4.39 Å². The average molecular weight is 444 g/mol. The summed E-state index contributed by atoms with van der Waals surface area (Å²) in [5.74, 6) is -1.69. The third-order valence-corrected chi connectivity index (χ3v) is 5.34. The second-order valence-corrected chi connectivity index (χ2v) is 7.48. The van der Waals surface area contributed by atoms with E-state index in [2.05, 4.69) is 20.2 Å². The highest BCUT2D eigenvalue weighted by molar-refractivity contribution is 5.87. The van der Waals surface area contributed by atoms with Gasteiger partial charge in [-0.15, -0.1) is 0 Å². The Balaban J connectivity index is 1.47. The molecule has 0 atom stereocenters. The molecule has 0 bridgehead atoms. The molecular formula is C23H17FN6O3. The van der Waals surface area contributed by atoms with E-state index in [-0.39, 0.29) is 23.2 Å². The molecule has 2 aromatic carbocycles. The Morgan fingerprint density at radius 3 is 2.64 bits per heavy atom. The summed E-state index contributed by atoms with van der Waals surface area (Å²) in [6, 6.07) is 12.3. The van der Waals surface area contributed by atoms with Crippen LogP contribution in [0.25, 0.3) is 28.1 Å². The molecule has 5 rings (SSSR count). The van der Waals surface area contributed by atoms with Gasteiger partial charge in [0, 0.05) is 11.8 Å². The Hall–Kier alpha value is -4.60. The van der Waals surface area contributed by atoms with E-state index in [1.54, 1.807) is 22.9 Å². The largest absolute Gasteiger partial charge is 0.492 e. The van der Waals surface area contributed by atoms with Crippen LogP contribution in [-0.4, -0.2) is 45.7 Å². The number of hydrogen-bond acceptors (Lipinski definition) is 6. The molecule has 10 heteroatoms. The molecular weight excluding hydrogens is 427 g/mol. The minimum Gasteiger partial charge on any atom is -0.492 e. The average Bonchev–Trinajstić information content (AvgIpc) is 3.44. The first-order valence-corrected chi connectivity index (χ1v) is 9.96. The van der Waals surface area contributed by atoms with Gasteiger partial charge in [-0.3, -0.25) is 4.68 Å². The van der Waals surface area contributed by atoms with Gasteiger partial charge in [-0.25, -0.2) is 18.9 Å². The molecule has 164 valence electrons. The first-order valence-electron chi connectivity index (χ1n) is 9.96. The third-order valence-electron chi connectivity index (χ3n) is 5.34. The van der Waals surface area contributed by atoms with E-state index in [1.165, 1.54) is 29.3 Å². The molecule has 0 saturated carbocycles. The Bertz CT molecular complexity index is 1520.